The second kappa shape index (κ2) is 6.53. The Labute approximate surface area is 123 Å². The number of sulfone groups is 1. The van der Waals surface area contributed by atoms with Crippen molar-refractivity contribution in [2.75, 3.05) is 12.3 Å². The van der Waals surface area contributed by atoms with Gasteiger partial charge in [-0.15, -0.1) is 0 Å². The van der Waals surface area contributed by atoms with E-state index in [2.05, 4.69) is 0 Å². The third kappa shape index (κ3) is 3.79. The lowest BCUT2D eigenvalue weighted by molar-refractivity contribution is -0.143. The molecule has 0 aliphatic rings. The number of hydrogen-bond acceptors (Lipinski definition) is 4. The standard InChI is InChI=1S/C14H20FNO4S/c1-10(2)21(19,20)7-6-14(9-16,13(17)18)11-4-3-5-12(15)8-11/h3-5,8,10H,6-7,9,16H2,1-2H3,(H,17,18). The van der Waals surface area contributed by atoms with Crippen LogP contribution in [0.1, 0.15) is 25.8 Å². The first-order chi connectivity index (χ1) is 9.65. The van der Waals surface area contributed by atoms with Gasteiger partial charge in [-0.3, -0.25) is 4.79 Å². The molecule has 0 aliphatic heterocycles. The molecule has 0 saturated carbocycles. The van der Waals surface area contributed by atoms with Crippen molar-refractivity contribution in [3.63, 3.8) is 0 Å². The van der Waals surface area contributed by atoms with E-state index in [1.165, 1.54) is 32.0 Å². The minimum Gasteiger partial charge on any atom is -0.481 e. The van der Waals surface area contributed by atoms with E-state index >= 15 is 0 Å². The summed E-state index contributed by atoms with van der Waals surface area (Å²) in [6.45, 7) is 2.75. The van der Waals surface area contributed by atoms with Crippen LogP contribution in [0.15, 0.2) is 24.3 Å². The normalized spacial score (nSPS) is 14.9. The Bertz CT molecular complexity index is 615. The van der Waals surface area contributed by atoms with Gasteiger partial charge in [0.25, 0.3) is 0 Å². The highest BCUT2D eigenvalue weighted by atomic mass is 32.2. The Balaban J connectivity index is 3.20. The Morgan fingerprint density at radius 1 is 1.43 bits per heavy atom. The summed E-state index contributed by atoms with van der Waals surface area (Å²) < 4.78 is 37.2. The van der Waals surface area contributed by atoms with Crippen molar-refractivity contribution >= 4 is 15.8 Å². The minimum atomic E-state index is -3.41. The van der Waals surface area contributed by atoms with Gasteiger partial charge in [0.05, 0.1) is 11.0 Å². The van der Waals surface area contributed by atoms with Crippen LogP contribution in [0.2, 0.25) is 0 Å². The molecule has 3 N–H and O–H groups in total. The van der Waals surface area contributed by atoms with Crippen LogP contribution in [0.4, 0.5) is 4.39 Å². The van der Waals surface area contributed by atoms with Crippen molar-refractivity contribution in [2.45, 2.75) is 30.9 Å². The van der Waals surface area contributed by atoms with Gasteiger partial charge in [0.1, 0.15) is 11.2 Å². The fraction of sp³-hybridized carbons (Fsp3) is 0.500. The maximum atomic E-state index is 13.3. The molecule has 1 unspecified atom stereocenters. The number of hydrogen-bond donors (Lipinski definition) is 2. The van der Waals surface area contributed by atoms with Gasteiger partial charge in [0, 0.05) is 6.54 Å². The van der Waals surface area contributed by atoms with E-state index in [4.69, 9.17) is 5.73 Å². The van der Waals surface area contributed by atoms with E-state index in [0.29, 0.717) is 0 Å². The number of carboxylic acid groups (broad SMARTS) is 1. The first-order valence-corrected chi connectivity index (χ1v) is 8.28. The molecule has 1 atom stereocenters. The molecule has 118 valence electrons. The molecule has 0 radical (unpaired) electrons. The highest BCUT2D eigenvalue weighted by Crippen LogP contribution is 2.29. The van der Waals surface area contributed by atoms with Gasteiger partial charge in [-0.1, -0.05) is 12.1 Å². The van der Waals surface area contributed by atoms with Crippen molar-refractivity contribution < 1.29 is 22.7 Å². The van der Waals surface area contributed by atoms with E-state index in [0.717, 1.165) is 6.07 Å². The second-order valence-electron chi connectivity index (χ2n) is 5.27. The maximum absolute atomic E-state index is 13.3. The Morgan fingerprint density at radius 2 is 2.05 bits per heavy atom. The summed E-state index contributed by atoms with van der Waals surface area (Å²) in [6, 6.07) is 5.11. The highest BCUT2D eigenvalue weighted by Gasteiger charge is 2.40. The Morgan fingerprint density at radius 3 is 2.48 bits per heavy atom. The predicted molar refractivity (Wildman–Crippen MR) is 78.3 cm³/mol. The van der Waals surface area contributed by atoms with Gasteiger partial charge in [0.15, 0.2) is 9.84 Å². The molecule has 5 nitrogen and oxygen atoms in total. The average Bonchev–Trinajstić information content (AvgIpc) is 2.39. The topological polar surface area (TPSA) is 97.5 Å². The molecular formula is C14H20FNO4S. The van der Waals surface area contributed by atoms with Gasteiger partial charge in [-0.25, -0.2) is 12.8 Å². The Hall–Kier alpha value is -1.47. The maximum Gasteiger partial charge on any atom is 0.315 e. The predicted octanol–water partition coefficient (Wildman–Crippen LogP) is 1.32. The number of carbonyl (C=O) groups is 1. The zero-order valence-corrected chi connectivity index (χ0v) is 12.9. The van der Waals surface area contributed by atoms with Crippen LogP contribution >= 0.6 is 0 Å². The fourth-order valence-electron chi connectivity index (χ4n) is 2.02. The van der Waals surface area contributed by atoms with E-state index in [9.17, 15) is 22.7 Å². The van der Waals surface area contributed by atoms with Gasteiger partial charge >= 0.3 is 5.97 Å². The summed E-state index contributed by atoms with van der Waals surface area (Å²) >= 11 is 0. The molecule has 0 aliphatic carbocycles. The molecule has 1 aromatic carbocycles. The molecule has 0 bridgehead atoms. The fourth-order valence-corrected chi connectivity index (χ4v) is 3.12. The number of carboxylic acids is 1. The number of halogens is 1. The van der Waals surface area contributed by atoms with Crippen LogP contribution in [0, 0.1) is 5.82 Å². The number of benzene rings is 1. The van der Waals surface area contributed by atoms with E-state index < -0.39 is 32.3 Å². The van der Waals surface area contributed by atoms with E-state index in [1.54, 1.807) is 0 Å². The molecule has 0 amide bonds. The third-order valence-corrected chi connectivity index (χ3v) is 5.88. The van der Waals surface area contributed by atoms with Crippen LogP contribution in [-0.2, 0) is 20.0 Å². The summed E-state index contributed by atoms with van der Waals surface area (Å²) in [7, 11) is -3.41. The second-order valence-corrected chi connectivity index (χ2v) is 7.94. The van der Waals surface area contributed by atoms with Gasteiger partial charge in [0.2, 0.25) is 0 Å². The van der Waals surface area contributed by atoms with Crippen molar-refractivity contribution in [2.24, 2.45) is 5.73 Å². The molecule has 1 aromatic rings. The average molecular weight is 317 g/mol. The molecule has 0 saturated heterocycles. The van der Waals surface area contributed by atoms with Crippen molar-refractivity contribution in [1.29, 1.82) is 0 Å². The van der Waals surface area contributed by atoms with Gasteiger partial charge in [-0.05, 0) is 38.0 Å². The molecule has 0 aromatic heterocycles. The summed E-state index contributed by atoms with van der Waals surface area (Å²) in [5.41, 5.74) is 4.17. The molecule has 0 heterocycles. The number of nitrogens with two attached hydrogens (primary N) is 1. The molecule has 7 heteroatoms. The van der Waals surface area contributed by atoms with Crippen LogP contribution in [-0.4, -0.2) is 37.0 Å². The molecule has 21 heavy (non-hydrogen) atoms. The molecular weight excluding hydrogens is 297 g/mol. The highest BCUT2D eigenvalue weighted by molar-refractivity contribution is 7.91. The van der Waals surface area contributed by atoms with Crippen LogP contribution in [0.25, 0.3) is 0 Å². The summed E-state index contributed by atoms with van der Waals surface area (Å²) in [5, 5.41) is 8.90. The lowest BCUT2D eigenvalue weighted by Crippen LogP contribution is -2.44. The smallest absolute Gasteiger partial charge is 0.315 e. The minimum absolute atomic E-state index is 0.177. The lowest BCUT2D eigenvalue weighted by atomic mass is 9.78. The Kier molecular flexibility index (Phi) is 5.47. The van der Waals surface area contributed by atoms with E-state index in [-0.39, 0.29) is 24.3 Å². The molecule has 0 fully saturated rings. The monoisotopic (exact) mass is 317 g/mol. The SMILES string of the molecule is CC(C)S(=O)(=O)CCC(CN)(C(=O)O)c1cccc(F)c1. The van der Waals surface area contributed by atoms with Gasteiger partial charge in [-0.2, -0.15) is 0 Å². The quantitative estimate of drug-likeness (QED) is 0.790. The van der Waals surface area contributed by atoms with Crippen molar-refractivity contribution in [3.05, 3.63) is 35.6 Å². The van der Waals surface area contributed by atoms with Crippen LogP contribution in [0.3, 0.4) is 0 Å². The van der Waals surface area contributed by atoms with Crippen LogP contribution in [0.5, 0.6) is 0 Å². The van der Waals surface area contributed by atoms with Crippen LogP contribution < -0.4 is 5.73 Å². The third-order valence-electron chi connectivity index (χ3n) is 3.67. The van der Waals surface area contributed by atoms with Gasteiger partial charge < -0.3 is 10.8 Å². The summed E-state index contributed by atoms with van der Waals surface area (Å²) in [4.78, 5) is 11.7. The number of aliphatic carboxylic acids is 1. The summed E-state index contributed by atoms with van der Waals surface area (Å²) in [6.07, 6.45) is -0.192. The summed E-state index contributed by atoms with van der Waals surface area (Å²) in [5.74, 6) is -2.15. The van der Waals surface area contributed by atoms with Crippen molar-refractivity contribution in [1.82, 2.24) is 0 Å². The largest absolute Gasteiger partial charge is 0.481 e. The first-order valence-electron chi connectivity index (χ1n) is 6.57. The lowest BCUT2D eigenvalue weighted by Gasteiger charge is -2.28. The molecule has 0 spiro atoms. The number of rotatable bonds is 7. The zero-order valence-electron chi connectivity index (χ0n) is 12.0. The van der Waals surface area contributed by atoms with E-state index in [1.807, 2.05) is 0 Å². The van der Waals surface area contributed by atoms with Crippen molar-refractivity contribution in [3.8, 4) is 0 Å². The molecule has 1 rings (SSSR count). The zero-order chi connectivity index (χ0) is 16.3. The first kappa shape index (κ1) is 17.6.